The van der Waals surface area contributed by atoms with Crippen LogP contribution >= 0.6 is 0 Å². The predicted molar refractivity (Wildman–Crippen MR) is 119 cm³/mol. The van der Waals surface area contributed by atoms with E-state index < -0.39 is 0 Å². The smallest absolute Gasteiger partial charge is 0.185 e. The highest BCUT2D eigenvalue weighted by Gasteiger charge is 2.07. The summed E-state index contributed by atoms with van der Waals surface area (Å²) in [6.45, 7) is 0. The van der Waals surface area contributed by atoms with E-state index >= 15 is 0 Å². The fourth-order valence-corrected chi connectivity index (χ4v) is 2.79. The Bertz CT molecular complexity index is 990. The second-order valence-electron chi connectivity index (χ2n) is 6.52. The molecule has 3 aromatic carbocycles. The van der Waals surface area contributed by atoms with Crippen LogP contribution in [0, 0.1) is 0 Å². The molecule has 4 heteroatoms. The van der Waals surface area contributed by atoms with E-state index in [1.165, 1.54) is 12.2 Å². The average molecular weight is 398 g/mol. The zero-order valence-corrected chi connectivity index (χ0v) is 16.9. The van der Waals surface area contributed by atoms with Gasteiger partial charge in [0, 0.05) is 11.1 Å². The van der Waals surface area contributed by atoms with Gasteiger partial charge in [-0.2, -0.15) is 0 Å². The molecule has 0 fully saturated rings. The van der Waals surface area contributed by atoms with E-state index in [0.717, 1.165) is 22.6 Å². The molecule has 0 heterocycles. The summed E-state index contributed by atoms with van der Waals surface area (Å²) in [7, 11) is 3.21. The summed E-state index contributed by atoms with van der Waals surface area (Å²) in [6.07, 6.45) is 6.47. The number of rotatable bonds is 8. The molecule has 0 atom stereocenters. The van der Waals surface area contributed by atoms with Crippen molar-refractivity contribution in [2.45, 2.75) is 0 Å². The fourth-order valence-electron chi connectivity index (χ4n) is 2.79. The number of benzene rings is 3. The van der Waals surface area contributed by atoms with E-state index in [4.69, 9.17) is 9.47 Å². The van der Waals surface area contributed by atoms with Crippen LogP contribution in [-0.2, 0) is 0 Å². The highest BCUT2D eigenvalue weighted by atomic mass is 16.5. The molecule has 0 aliphatic rings. The summed E-state index contributed by atoms with van der Waals surface area (Å²) in [5.74, 6) is 1.18. The van der Waals surface area contributed by atoms with Gasteiger partial charge in [-0.25, -0.2) is 0 Å². The number of allylic oxidation sites excluding steroid dienone is 2. The molecule has 30 heavy (non-hydrogen) atoms. The molecule has 0 N–H and O–H groups in total. The van der Waals surface area contributed by atoms with Crippen molar-refractivity contribution < 1.29 is 19.1 Å². The lowest BCUT2D eigenvalue weighted by Gasteiger charge is -2.01. The highest BCUT2D eigenvalue weighted by molar-refractivity contribution is 6.11. The summed E-state index contributed by atoms with van der Waals surface area (Å²) in [5.41, 5.74) is 2.70. The van der Waals surface area contributed by atoms with Gasteiger partial charge in [0.15, 0.2) is 11.6 Å². The number of methoxy groups -OCH3 is 2. The van der Waals surface area contributed by atoms with E-state index in [-0.39, 0.29) is 11.6 Å². The first-order valence-electron chi connectivity index (χ1n) is 9.42. The van der Waals surface area contributed by atoms with E-state index in [2.05, 4.69) is 0 Å². The monoisotopic (exact) mass is 398 g/mol. The Morgan fingerprint density at radius 1 is 0.633 bits per heavy atom. The van der Waals surface area contributed by atoms with Gasteiger partial charge in [0.1, 0.15) is 11.5 Å². The Hall–Kier alpha value is -3.92. The summed E-state index contributed by atoms with van der Waals surface area (Å²) < 4.78 is 10.2. The minimum atomic E-state index is -0.167. The van der Waals surface area contributed by atoms with Crippen LogP contribution < -0.4 is 9.47 Å². The summed E-state index contributed by atoms with van der Waals surface area (Å²) >= 11 is 0. The quantitative estimate of drug-likeness (QED) is 0.372. The Morgan fingerprint density at radius 3 is 1.40 bits per heavy atom. The molecular weight excluding hydrogens is 376 g/mol. The van der Waals surface area contributed by atoms with Gasteiger partial charge in [-0.1, -0.05) is 54.6 Å². The number of ether oxygens (including phenoxy) is 2. The van der Waals surface area contributed by atoms with E-state index in [1.807, 2.05) is 48.5 Å². The van der Waals surface area contributed by atoms with Crippen LogP contribution in [0.2, 0.25) is 0 Å². The molecule has 0 saturated carbocycles. The first-order chi connectivity index (χ1) is 14.6. The number of carbonyl (C=O) groups excluding carboxylic acids is 2. The number of hydrogen-bond donors (Lipinski definition) is 0. The maximum atomic E-state index is 12.5. The lowest BCUT2D eigenvalue weighted by Crippen LogP contribution is -1.99. The second-order valence-corrected chi connectivity index (χ2v) is 6.52. The number of hydrogen-bond acceptors (Lipinski definition) is 4. The molecule has 3 aromatic rings. The Labute approximate surface area is 176 Å². The van der Waals surface area contributed by atoms with E-state index in [9.17, 15) is 9.59 Å². The Morgan fingerprint density at radius 2 is 1.03 bits per heavy atom. The standard InChI is InChI=1S/C26H22O4/c1-29-23-12-6-19(7-13-23)10-16-25(27)21-4-3-5-22(18-21)26(28)17-11-20-8-14-24(30-2)15-9-20/h3-18H,1-2H3/b16-10+,17-11+. The number of ketones is 2. The summed E-state index contributed by atoms with van der Waals surface area (Å²) in [6, 6.07) is 21.5. The third-order valence-electron chi connectivity index (χ3n) is 4.52. The SMILES string of the molecule is COc1ccc(/C=C/C(=O)c2cccc(C(=O)/C=C/c3ccc(OC)cc3)c2)cc1. The normalized spacial score (nSPS) is 11.0. The molecule has 0 unspecified atom stereocenters. The second kappa shape index (κ2) is 10.0. The lowest BCUT2D eigenvalue weighted by atomic mass is 10.0. The van der Waals surface area contributed by atoms with Crippen LogP contribution in [0.15, 0.2) is 84.9 Å². The zero-order chi connectivity index (χ0) is 21.3. The largest absolute Gasteiger partial charge is 0.497 e. The predicted octanol–water partition coefficient (Wildman–Crippen LogP) is 5.50. The van der Waals surface area contributed by atoms with Crippen molar-refractivity contribution in [3.8, 4) is 11.5 Å². The van der Waals surface area contributed by atoms with Crippen LogP contribution in [0.3, 0.4) is 0 Å². The lowest BCUT2D eigenvalue weighted by molar-refractivity contribution is 0.104. The molecule has 0 aliphatic heterocycles. The third-order valence-corrected chi connectivity index (χ3v) is 4.52. The Kier molecular flexibility index (Phi) is 6.95. The van der Waals surface area contributed by atoms with Crippen LogP contribution in [0.4, 0.5) is 0 Å². The van der Waals surface area contributed by atoms with Gasteiger partial charge >= 0.3 is 0 Å². The topological polar surface area (TPSA) is 52.6 Å². The van der Waals surface area contributed by atoms with Crippen molar-refractivity contribution in [1.29, 1.82) is 0 Å². The van der Waals surface area contributed by atoms with Crippen molar-refractivity contribution >= 4 is 23.7 Å². The molecule has 0 radical (unpaired) electrons. The molecule has 0 spiro atoms. The first-order valence-corrected chi connectivity index (χ1v) is 9.42. The van der Waals surface area contributed by atoms with Crippen LogP contribution in [0.1, 0.15) is 31.8 Å². The Balaban J connectivity index is 1.69. The summed E-state index contributed by atoms with van der Waals surface area (Å²) in [5, 5.41) is 0. The molecule has 0 aromatic heterocycles. The first kappa shape index (κ1) is 20.8. The van der Waals surface area contributed by atoms with Gasteiger partial charge in [0.25, 0.3) is 0 Å². The minimum Gasteiger partial charge on any atom is -0.497 e. The molecular formula is C26H22O4. The van der Waals surface area contributed by atoms with Gasteiger partial charge in [0.2, 0.25) is 0 Å². The van der Waals surface area contributed by atoms with Crippen LogP contribution in [0.25, 0.3) is 12.2 Å². The average Bonchev–Trinajstić information content (AvgIpc) is 2.81. The van der Waals surface area contributed by atoms with Gasteiger partial charge < -0.3 is 9.47 Å². The van der Waals surface area contributed by atoms with Gasteiger partial charge in [0.05, 0.1) is 14.2 Å². The molecule has 0 amide bonds. The highest BCUT2D eigenvalue weighted by Crippen LogP contribution is 2.15. The number of carbonyl (C=O) groups is 2. The van der Waals surface area contributed by atoms with Crippen molar-refractivity contribution in [3.63, 3.8) is 0 Å². The molecule has 3 rings (SSSR count). The van der Waals surface area contributed by atoms with Gasteiger partial charge in [-0.3, -0.25) is 9.59 Å². The van der Waals surface area contributed by atoms with Crippen molar-refractivity contribution in [2.24, 2.45) is 0 Å². The molecule has 0 aliphatic carbocycles. The maximum absolute atomic E-state index is 12.5. The zero-order valence-electron chi connectivity index (χ0n) is 16.9. The van der Waals surface area contributed by atoms with Crippen LogP contribution in [-0.4, -0.2) is 25.8 Å². The van der Waals surface area contributed by atoms with E-state index in [1.54, 1.807) is 50.6 Å². The van der Waals surface area contributed by atoms with Crippen molar-refractivity contribution in [1.82, 2.24) is 0 Å². The van der Waals surface area contributed by atoms with E-state index in [0.29, 0.717) is 11.1 Å². The van der Waals surface area contributed by atoms with Crippen molar-refractivity contribution in [3.05, 3.63) is 107 Å². The third kappa shape index (κ3) is 5.55. The van der Waals surface area contributed by atoms with Crippen LogP contribution in [0.5, 0.6) is 11.5 Å². The maximum Gasteiger partial charge on any atom is 0.185 e. The minimum absolute atomic E-state index is 0.167. The molecule has 0 bridgehead atoms. The van der Waals surface area contributed by atoms with Crippen molar-refractivity contribution in [2.75, 3.05) is 14.2 Å². The van der Waals surface area contributed by atoms with Gasteiger partial charge in [-0.05, 0) is 53.6 Å². The molecule has 150 valence electrons. The fraction of sp³-hybridized carbons (Fsp3) is 0.0769. The van der Waals surface area contributed by atoms with Gasteiger partial charge in [-0.15, -0.1) is 0 Å². The summed E-state index contributed by atoms with van der Waals surface area (Å²) in [4.78, 5) is 25.0. The molecule has 4 nitrogen and oxygen atoms in total. The molecule has 0 saturated heterocycles.